The lowest BCUT2D eigenvalue weighted by Crippen LogP contribution is -2.14. The molecule has 3 aromatic heterocycles. The second-order valence-corrected chi connectivity index (χ2v) is 6.93. The topological polar surface area (TPSA) is 85.1 Å². The van der Waals surface area contributed by atoms with Gasteiger partial charge in [0.05, 0.1) is 11.4 Å². The highest BCUT2D eigenvalue weighted by atomic mass is 35.5. The summed E-state index contributed by atoms with van der Waals surface area (Å²) in [6.45, 7) is 0. The smallest absolute Gasteiger partial charge is 0.234 e. The van der Waals surface area contributed by atoms with E-state index in [4.69, 9.17) is 11.6 Å². The SMILES string of the molecule is O=C(CSc1nnc2ccc(-c3ccncc3)nn12)Nc1ccc(Cl)cc1. The molecule has 4 rings (SSSR count). The van der Waals surface area contributed by atoms with Gasteiger partial charge in [0.2, 0.25) is 11.1 Å². The summed E-state index contributed by atoms with van der Waals surface area (Å²) in [4.78, 5) is 16.2. The Bertz CT molecular complexity index is 1080. The Kier molecular flexibility index (Phi) is 4.99. The van der Waals surface area contributed by atoms with Crippen LogP contribution in [0.15, 0.2) is 66.1 Å². The monoisotopic (exact) mass is 396 g/mol. The number of rotatable bonds is 5. The highest BCUT2D eigenvalue weighted by Crippen LogP contribution is 2.20. The zero-order valence-corrected chi connectivity index (χ0v) is 15.5. The first-order chi connectivity index (χ1) is 13.2. The second kappa shape index (κ2) is 7.73. The van der Waals surface area contributed by atoms with E-state index in [9.17, 15) is 4.79 Å². The van der Waals surface area contributed by atoms with Crippen molar-refractivity contribution in [1.29, 1.82) is 0 Å². The first kappa shape index (κ1) is 17.4. The van der Waals surface area contributed by atoms with Crippen molar-refractivity contribution >= 4 is 40.6 Å². The average Bonchev–Trinajstić information content (AvgIpc) is 3.11. The Balaban J connectivity index is 1.48. The minimum Gasteiger partial charge on any atom is -0.325 e. The van der Waals surface area contributed by atoms with Crippen molar-refractivity contribution in [2.24, 2.45) is 0 Å². The molecule has 0 fully saturated rings. The zero-order chi connectivity index (χ0) is 18.6. The summed E-state index contributed by atoms with van der Waals surface area (Å²) in [6, 6.07) is 14.4. The lowest BCUT2D eigenvalue weighted by atomic mass is 10.2. The highest BCUT2D eigenvalue weighted by molar-refractivity contribution is 7.99. The summed E-state index contributed by atoms with van der Waals surface area (Å²) in [6.07, 6.45) is 3.42. The molecule has 0 aliphatic carbocycles. The lowest BCUT2D eigenvalue weighted by Gasteiger charge is -2.05. The number of nitrogens with zero attached hydrogens (tertiary/aromatic N) is 5. The Morgan fingerprint density at radius 2 is 1.81 bits per heavy atom. The molecule has 0 saturated heterocycles. The fourth-order valence-corrected chi connectivity index (χ4v) is 3.21. The fourth-order valence-electron chi connectivity index (χ4n) is 2.40. The van der Waals surface area contributed by atoms with Gasteiger partial charge in [-0.3, -0.25) is 9.78 Å². The molecular weight excluding hydrogens is 384 g/mol. The van der Waals surface area contributed by atoms with Crippen LogP contribution in [0.5, 0.6) is 0 Å². The van der Waals surface area contributed by atoms with Gasteiger partial charge in [-0.25, -0.2) is 0 Å². The molecule has 1 aromatic carbocycles. The minimum absolute atomic E-state index is 0.149. The fraction of sp³-hybridized carbons (Fsp3) is 0.0556. The number of hydrogen-bond donors (Lipinski definition) is 1. The van der Waals surface area contributed by atoms with Crippen molar-refractivity contribution in [2.45, 2.75) is 5.16 Å². The molecule has 0 spiro atoms. The standard InChI is InChI=1S/C18H13ClN6OS/c19-13-1-3-14(4-2-13)21-17(26)11-27-18-23-22-16-6-5-15(24-25(16)18)12-7-9-20-10-8-12/h1-10H,11H2,(H,21,26). The van der Waals surface area contributed by atoms with Crippen LogP contribution in [0.25, 0.3) is 16.9 Å². The predicted octanol–water partition coefficient (Wildman–Crippen LogP) is 3.57. The van der Waals surface area contributed by atoms with E-state index >= 15 is 0 Å². The number of halogens is 1. The van der Waals surface area contributed by atoms with Crippen molar-refractivity contribution in [3.63, 3.8) is 0 Å². The van der Waals surface area contributed by atoms with Crippen molar-refractivity contribution in [3.05, 3.63) is 65.9 Å². The summed E-state index contributed by atoms with van der Waals surface area (Å²) >= 11 is 7.11. The van der Waals surface area contributed by atoms with E-state index in [1.165, 1.54) is 11.8 Å². The molecule has 0 saturated carbocycles. The van der Waals surface area contributed by atoms with Gasteiger partial charge in [0, 0.05) is 28.7 Å². The quantitative estimate of drug-likeness (QED) is 0.519. The molecule has 0 aliphatic heterocycles. The predicted molar refractivity (Wildman–Crippen MR) is 105 cm³/mol. The van der Waals surface area contributed by atoms with Gasteiger partial charge < -0.3 is 5.32 Å². The molecule has 0 radical (unpaired) electrons. The van der Waals surface area contributed by atoms with Crippen LogP contribution in [0.4, 0.5) is 5.69 Å². The van der Waals surface area contributed by atoms with Gasteiger partial charge in [-0.05, 0) is 48.5 Å². The molecule has 9 heteroatoms. The van der Waals surface area contributed by atoms with Gasteiger partial charge in [-0.2, -0.15) is 9.61 Å². The van der Waals surface area contributed by atoms with Crippen molar-refractivity contribution in [1.82, 2.24) is 24.8 Å². The molecule has 4 aromatic rings. The third kappa shape index (κ3) is 4.07. The molecular formula is C18H13ClN6OS. The molecule has 1 N–H and O–H groups in total. The van der Waals surface area contributed by atoms with E-state index in [0.717, 1.165) is 11.3 Å². The van der Waals surface area contributed by atoms with Crippen LogP contribution in [-0.4, -0.2) is 36.5 Å². The van der Waals surface area contributed by atoms with Crippen LogP contribution in [0, 0.1) is 0 Å². The maximum atomic E-state index is 12.2. The van der Waals surface area contributed by atoms with E-state index in [-0.39, 0.29) is 11.7 Å². The average molecular weight is 397 g/mol. The third-order valence-corrected chi connectivity index (χ3v) is 4.84. The number of nitrogens with one attached hydrogen (secondary N) is 1. The Morgan fingerprint density at radius 3 is 2.59 bits per heavy atom. The molecule has 0 atom stereocenters. The van der Waals surface area contributed by atoms with Crippen LogP contribution in [0.2, 0.25) is 5.02 Å². The lowest BCUT2D eigenvalue weighted by molar-refractivity contribution is -0.113. The van der Waals surface area contributed by atoms with E-state index < -0.39 is 0 Å². The van der Waals surface area contributed by atoms with Crippen molar-refractivity contribution in [2.75, 3.05) is 11.1 Å². The van der Waals surface area contributed by atoms with Gasteiger partial charge in [0.1, 0.15) is 0 Å². The second-order valence-electron chi connectivity index (χ2n) is 5.55. The zero-order valence-electron chi connectivity index (χ0n) is 13.9. The number of pyridine rings is 1. The highest BCUT2D eigenvalue weighted by Gasteiger charge is 2.12. The van der Waals surface area contributed by atoms with Crippen LogP contribution in [-0.2, 0) is 4.79 Å². The number of amides is 1. The number of benzene rings is 1. The van der Waals surface area contributed by atoms with Gasteiger partial charge in [-0.15, -0.1) is 10.2 Å². The van der Waals surface area contributed by atoms with Gasteiger partial charge >= 0.3 is 0 Å². The maximum Gasteiger partial charge on any atom is 0.234 e. The van der Waals surface area contributed by atoms with Gasteiger partial charge in [0.25, 0.3) is 0 Å². The molecule has 0 aliphatic rings. The van der Waals surface area contributed by atoms with Gasteiger partial charge in [0.15, 0.2) is 5.65 Å². The summed E-state index contributed by atoms with van der Waals surface area (Å²) in [5.41, 5.74) is 3.02. The van der Waals surface area contributed by atoms with E-state index in [1.54, 1.807) is 41.2 Å². The number of fused-ring (bicyclic) bond motifs is 1. The largest absolute Gasteiger partial charge is 0.325 e. The number of hydrogen-bond acceptors (Lipinski definition) is 6. The first-order valence-electron chi connectivity index (χ1n) is 8.00. The Hall–Kier alpha value is -2.97. The first-order valence-corrected chi connectivity index (χ1v) is 9.36. The summed E-state index contributed by atoms with van der Waals surface area (Å²) in [5, 5.41) is 16.8. The maximum absolute atomic E-state index is 12.2. The van der Waals surface area contributed by atoms with E-state index in [2.05, 4.69) is 25.6 Å². The number of anilines is 1. The molecule has 27 heavy (non-hydrogen) atoms. The molecule has 1 amide bonds. The van der Waals surface area contributed by atoms with Crippen LogP contribution in [0.1, 0.15) is 0 Å². The summed E-state index contributed by atoms with van der Waals surface area (Å²) < 4.78 is 1.63. The normalized spacial score (nSPS) is 10.9. The van der Waals surface area contributed by atoms with Gasteiger partial charge in [-0.1, -0.05) is 23.4 Å². The molecule has 0 bridgehead atoms. The van der Waals surface area contributed by atoms with Crippen molar-refractivity contribution in [3.8, 4) is 11.3 Å². The Labute approximate surface area is 163 Å². The van der Waals surface area contributed by atoms with E-state index in [1.807, 2.05) is 24.3 Å². The number of carbonyl (C=O) groups is 1. The summed E-state index contributed by atoms with van der Waals surface area (Å²) in [5.74, 6) is 0.0364. The molecule has 3 heterocycles. The molecule has 7 nitrogen and oxygen atoms in total. The van der Waals surface area contributed by atoms with E-state index in [0.29, 0.717) is 21.5 Å². The Morgan fingerprint density at radius 1 is 1.04 bits per heavy atom. The van der Waals surface area contributed by atoms with Crippen LogP contribution < -0.4 is 5.32 Å². The molecule has 134 valence electrons. The third-order valence-electron chi connectivity index (χ3n) is 3.67. The minimum atomic E-state index is -0.149. The van der Waals surface area contributed by atoms with Crippen molar-refractivity contribution < 1.29 is 4.79 Å². The number of aromatic nitrogens is 5. The summed E-state index contributed by atoms with van der Waals surface area (Å²) in [7, 11) is 0. The number of carbonyl (C=O) groups excluding carboxylic acids is 1. The molecule has 0 unspecified atom stereocenters. The van der Waals surface area contributed by atoms with Crippen LogP contribution >= 0.6 is 23.4 Å². The van der Waals surface area contributed by atoms with Crippen LogP contribution in [0.3, 0.4) is 0 Å². The number of thioether (sulfide) groups is 1.